The van der Waals surface area contributed by atoms with E-state index in [9.17, 15) is 4.79 Å². The fourth-order valence-corrected chi connectivity index (χ4v) is 2.54. The molecular formula is C14H16BrN3O. The SMILES string of the molecule is CNC(=O)CN(C)Cc1cc(Br)cc2cccnc12. The van der Waals surface area contributed by atoms with Crippen molar-refractivity contribution in [2.75, 3.05) is 20.6 Å². The Morgan fingerprint density at radius 3 is 3.00 bits per heavy atom. The van der Waals surface area contributed by atoms with E-state index in [0.29, 0.717) is 13.1 Å². The van der Waals surface area contributed by atoms with E-state index in [4.69, 9.17) is 0 Å². The van der Waals surface area contributed by atoms with Crippen molar-refractivity contribution in [3.05, 3.63) is 40.5 Å². The molecule has 0 unspecified atom stereocenters. The van der Waals surface area contributed by atoms with Gasteiger partial charge in [0.25, 0.3) is 0 Å². The van der Waals surface area contributed by atoms with Gasteiger partial charge < -0.3 is 5.32 Å². The average Bonchev–Trinajstić information content (AvgIpc) is 2.38. The van der Waals surface area contributed by atoms with Crippen molar-refractivity contribution in [1.29, 1.82) is 0 Å². The molecule has 1 heterocycles. The van der Waals surface area contributed by atoms with E-state index in [0.717, 1.165) is 20.9 Å². The molecule has 1 aromatic heterocycles. The number of hydrogen-bond donors (Lipinski definition) is 1. The Morgan fingerprint density at radius 1 is 1.47 bits per heavy atom. The summed E-state index contributed by atoms with van der Waals surface area (Å²) in [7, 11) is 3.57. The third-order valence-electron chi connectivity index (χ3n) is 2.88. The number of halogens is 1. The van der Waals surface area contributed by atoms with Crippen LogP contribution in [0.25, 0.3) is 10.9 Å². The number of benzene rings is 1. The van der Waals surface area contributed by atoms with Gasteiger partial charge in [0.2, 0.25) is 5.91 Å². The first-order chi connectivity index (χ1) is 9.10. The van der Waals surface area contributed by atoms with E-state index in [-0.39, 0.29) is 5.91 Å². The molecule has 2 rings (SSSR count). The molecule has 0 radical (unpaired) electrons. The number of aromatic nitrogens is 1. The van der Waals surface area contributed by atoms with Crippen molar-refractivity contribution < 1.29 is 4.79 Å². The highest BCUT2D eigenvalue weighted by Crippen LogP contribution is 2.23. The van der Waals surface area contributed by atoms with Gasteiger partial charge in [-0.1, -0.05) is 22.0 Å². The quantitative estimate of drug-likeness (QED) is 0.938. The number of nitrogens with zero attached hydrogens (tertiary/aromatic N) is 2. The number of carbonyl (C=O) groups excluding carboxylic acids is 1. The van der Waals surface area contributed by atoms with Crippen LogP contribution < -0.4 is 5.32 Å². The van der Waals surface area contributed by atoms with Gasteiger partial charge in [-0.2, -0.15) is 0 Å². The molecule has 0 bridgehead atoms. The van der Waals surface area contributed by atoms with E-state index < -0.39 is 0 Å². The molecule has 1 amide bonds. The first-order valence-corrected chi connectivity index (χ1v) is 6.81. The number of hydrogen-bond acceptors (Lipinski definition) is 3. The lowest BCUT2D eigenvalue weighted by Crippen LogP contribution is -2.32. The van der Waals surface area contributed by atoms with Gasteiger partial charge in [0.1, 0.15) is 0 Å². The van der Waals surface area contributed by atoms with Crippen LogP contribution in [0.15, 0.2) is 34.9 Å². The summed E-state index contributed by atoms with van der Waals surface area (Å²) in [5.74, 6) is 0.00904. The van der Waals surface area contributed by atoms with Gasteiger partial charge in [0, 0.05) is 29.6 Å². The van der Waals surface area contributed by atoms with E-state index >= 15 is 0 Å². The van der Waals surface area contributed by atoms with Crippen molar-refractivity contribution in [2.24, 2.45) is 0 Å². The predicted octanol–water partition coefficient (Wildman–Crippen LogP) is 2.18. The highest BCUT2D eigenvalue weighted by atomic mass is 79.9. The Labute approximate surface area is 120 Å². The fraction of sp³-hybridized carbons (Fsp3) is 0.286. The Kier molecular flexibility index (Phi) is 4.50. The van der Waals surface area contributed by atoms with Gasteiger partial charge in [0.15, 0.2) is 0 Å². The molecule has 0 atom stereocenters. The summed E-state index contributed by atoms with van der Waals surface area (Å²) in [4.78, 5) is 17.8. The monoisotopic (exact) mass is 321 g/mol. The Balaban J connectivity index is 2.27. The smallest absolute Gasteiger partial charge is 0.233 e. The van der Waals surface area contributed by atoms with Crippen molar-refractivity contribution in [3.8, 4) is 0 Å². The minimum atomic E-state index is 0.00904. The molecule has 0 saturated heterocycles. The van der Waals surface area contributed by atoms with Crippen LogP contribution in [0.1, 0.15) is 5.56 Å². The summed E-state index contributed by atoms with van der Waals surface area (Å²) < 4.78 is 1.02. The van der Waals surface area contributed by atoms with Gasteiger partial charge in [-0.05, 0) is 30.8 Å². The zero-order valence-corrected chi connectivity index (χ0v) is 12.6. The summed E-state index contributed by atoms with van der Waals surface area (Å²) in [5, 5.41) is 3.72. The molecule has 19 heavy (non-hydrogen) atoms. The summed E-state index contributed by atoms with van der Waals surface area (Å²) in [5.41, 5.74) is 2.09. The predicted molar refractivity (Wildman–Crippen MR) is 79.8 cm³/mol. The van der Waals surface area contributed by atoms with Crippen molar-refractivity contribution in [2.45, 2.75) is 6.54 Å². The van der Waals surface area contributed by atoms with Crippen LogP contribution in [0.4, 0.5) is 0 Å². The first kappa shape index (κ1) is 14.0. The lowest BCUT2D eigenvalue weighted by atomic mass is 10.1. The maximum absolute atomic E-state index is 11.4. The van der Waals surface area contributed by atoms with Crippen molar-refractivity contribution in [1.82, 2.24) is 15.2 Å². The molecule has 0 aliphatic rings. The topological polar surface area (TPSA) is 45.2 Å². The molecule has 0 saturated carbocycles. The minimum Gasteiger partial charge on any atom is -0.358 e. The highest BCUT2D eigenvalue weighted by molar-refractivity contribution is 9.10. The molecule has 5 heteroatoms. The lowest BCUT2D eigenvalue weighted by molar-refractivity contribution is -0.121. The maximum atomic E-state index is 11.4. The average molecular weight is 322 g/mol. The fourth-order valence-electron chi connectivity index (χ4n) is 2.02. The molecule has 2 aromatic rings. The molecule has 4 nitrogen and oxygen atoms in total. The molecule has 1 N–H and O–H groups in total. The van der Waals surface area contributed by atoms with E-state index in [1.807, 2.05) is 30.1 Å². The number of carbonyl (C=O) groups is 1. The van der Waals surface area contributed by atoms with Gasteiger partial charge >= 0.3 is 0 Å². The number of pyridine rings is 1. The Bertz CT molecular complexity index is 600. The second kappa shape index (κ2) is 6.12. The minimum absolute atomic E-state index is 0.00904. The largest absolute Gasteiger partial charge is 0.358 e. The van der Waals surface area contributed by atoms with Gasteiger partial charge in [-0.15, -0.1) is 0 Å². The summed E-state index contributed by atoms with van der Waals surface area (Å²) in [6.45, 7) is 1.05. The zero-order valence-electron chi connectivity index (χ0n) is 11.0. The Morgan fingerprint density at radius 2 is 2.26 bits per heavy atom. The first-order valence-electron chi connectivity index (χ1n) is 6.02. The maximum Gasteiger partial charge on any atom is 0.233 e. The van der Waals surface area contributed by atoms with Crippen LogP contribution in [0.3, 0.4) is 0 Å². The van der Waals surface area contributed by atoms with Gasteiger partial charge in [-0.25, -0.2) is 0 Å². The third kappa shape index (κ3) is 3.52. The number of amides is 1. The zero-order chi connectivity index (χ0) is 13.8. The molecule has 100 valence electrons. The van der Waals surface area contributed by atoms with Crippen LogP contribution in [0, 0.1) is 0 Å². The standard InChI is InChI=1S/C14H16BrN3O/c1-16-13(19)9-18(2)8-11-7-12(15)6-10-4-3-5-17-14(10)11/h3-7H,8-9H2,1-2H3,(H,16,19). The molecule has 0 spiro atoms. The summed E-state index contributed by atoms with van der Waals surface area (Å²) in [6, 6.07) is 8.06. The summed E-state index contributed by atoms with van der Waals surface area (Å²) >= 11 is 3.51. The van der Waals surface area contributed by atoms with E-state index in [1.165, 1.54) is 0 Å². The molecule has 0 aliphatic heterocycles. The van der Waals surface area contributed by atoms with Crippen LogP contribution in [0.2, 0.25) is 0 Å². The number of rotatable bonds is 4. The second-order valence-electron chi connectivity index (χ2n) is 4.49. The van der Waals surface area contributed by atoms with Crippen LogP contribution in [-0.4, -0.2) is 36.4 Å². The normalized spacial score (nSPS) is 10.9. The van der Waals surface area contributed by atoms with Crippen LogP contribution >= 0.6 is 15.9 Å². The van der Waals surface area contributed by atoms with Gasteiger partial charge in [0.05, 0.1) is 12.1 Å². The molecule has 0 aliphatic carbocycles. The second-order valence-corrected chi connectivity index (χ2v) is 5.40. The third-order valence-corrected chi connectivity index (χ3v) is 3.34. The number of likely N-dealkylation sites (N-methyl/N-ethyl adjacent to an activating group) is 2. The highest BCUT2D eigenvalue weighted by Gasteiger charge is 2.09. The van der Waals surface area contributed by atoms with Crippen molar-refractivity contribution in [3.63, 3.8) is 0 Å². The van der Waals surface area contributed by atoms with Crippen molar-refractivity contribution >= 4 is 32.7 Å². The van der Waals surface area contributed by atoms with E-state index in [1.54, 1.807) is 13.2 Å². The summed E-state index contributed by atoms with van der Waals surface area (Å²) in [6.07, 6.45) is 1.79. The lowest BCUT2D eigenvalue weighted by Gasteiger charge is -2.16. The number of fused-ring (bicyclic) bond motifs is 1. The van der Waals surface area contributed by atoms with Crippen LogP contribution in [-0.2, 0) is 11.3 Å². The van der Waals surface area contributed by atoms with E-state index in [2.05, 4.69) is 32.3 Å². The molecule has 1 aromatic carbocycles. The number of nitrogens with one attached hydrogen (secondary N) is 1. The van der Waals surface area contributed by atoms with Crippen LogP contribution in [0.5, 0.6) is 0 Å². The Hall–Kier alpha value is -1.46. The van der Waals surface area contributed by atoms with Gasteiger partial charge in [-0.3, -0.25) is 14.7 Å². The molecular weight excluding hydrogens is 306 g/mol. The molecule has 0 fully saturated rings.